The second-order valence-electron chi connectivity index (χ2n) is 5.45. The van der Waals surface area contributed by atoms with Gasteiger partial charge in [-0.3, -0.25) is 4.79 Å². The SMILES string of the molecule is CNCCNC(=O)CC(Cc1ccccc1)c1ccccc1.Cl. The lowest BCUT2D eigenvalue weighted by atomic mass is 9.89. The van der Waals surface area contributed by atoms with Gasteiger partial charge in [-0.15, -0.1) is 12.4 Å². The van der Waals surface area contributed by atoms with Crippen molar-refractivity contribution in [2.45, 2.75) is 18.8 Å². The molecule has 0 spiro atoms. The summed E-state index contributed by atoms with van der Waals surface area (Å²) in [6, 6.07) is 20.6. The molecule has 0 aliphatic carbocycles. The Morgan fingerprint density at radius 2 is 1.57 bits per heavy atom. The lowest BCUT2D eigenvalue weighted by Gasteiger charge is -2.17. The first-order valence-corrected chi connectivity index (χ1v) is 7.79. The number of hydrogen-bond acceptors (Lipinski definition) is 2. The highest BCUT2D eigenvalue weighted by atomic mass is 35.5. The number of rotatable bonds is 8. The van der Waals surface area contributed by atoms with E-state index in [2.05, 4.69) is 34.9 Å². The number of likely N-dealkylation sites (N-methyl/N-ethyl adjacent to an activating group) is 1. The van der Waals surface area contributed by atoms with Gasteiger partial charge >= 0.3 is 0 Å². The van der Waals surface area contributed by atoms with E-state index < -0.39 is 0 Å². The van der Waals surface area contributed by atoms with Gasteiger partial charge in [-0.2, -0.15) is 0 Å². The molecule has 2 aromatic carbocycles. The fourth-order valence-electron chi connectivity index (χ4n) is 2.55. The average Bonchev–Trinajstić information content (AvgIpc) is 2.56. The summed E-state index contributed by atoms with van der Waals surface area (Å²) in [7, 11) is 1.88. The van der Waals surface area contributed by atoms with Crippen molar-refractivity contribution in [3.05, 3.63) is 71.8 Å². The van der Waals surface area contributed by atoms with E-state index in [0.29, 0.717) is 13.0 Å². The Labute approximate surface area is 144 Å². The van der Waals surface area contributed by atoms with E-state index in [-0.39, 0.29) is 24.2 Å². The van der Waals surface area contributed by atoms with Gasteiger partial charge in [0.25, 0.3) is 0 Å². The van der Waals surface area contributed by atoms with Gasteiger partial charge in [-0.25, -0.2) is 0 Å². The maximum Gasteiger partial charge on any atom is 0.220 e. The maximum atomic E-state index is 12.2. The summed E-state index contributed by atoms with van der Waals surface area (Å²) in [6.45, 7) is 1.46. The molecule has 0 heterocycles. The minimum atomic E-state index is 0. The highest BCUT2D eigenvalue weighted by Crippen LogP contribution is 2.24. The molecule has 2 aromatic rings. The van der Waals surface area contributed by atoms with Gasteiger partial charge in [0.1, 0.15) is 0 Å². The van der Waals surface area contributed by atoms with Crippen molar-refractivity contribution >= 4 is 18.3 Å². The van der Waals surface area contributed by atoms with Gasteiger partial charge < -0.3 is 10.6 Å². The van der Waals surface area contributed by atoms with Crippen LogP contribution in [0.4, 0.5) is 0 Å². The highest BCUT2D eigenvalue weighted by Gasteiger charge is 2.16. The smallest absolute Gasteiger partial charge is 0.220 e. The third kappa shape index (κ3) is 6.85. The number of halogens is 1. The molecule has 1 atom stereocenters. The van der Waals surface area contributed by atoms with Gasteiger partial charge in [0.05, 0.1) is 0 Å². The Morgan fingerprint density at radius 1 is 0.957 bits per heavy atom. The van der Waals surface area contributed by atoms with Crippen LogP contribution in [0.25, 0.3) is 0 Å². The van der Waals surface area contributed by atoms with Crippen LogP contribution in [-0.2, 0) is 11.2 Å². The zero-order valence-corrected chi connectivity index (χ0v) is 14.3. The maximum absolute atomic E-state index is 12.2. The highest BCUT2D eigenvalue weighted by molar-refractivity contribution is 5.85. The van der Waals surface area contributed by atoms with Crippen molar-refractivity contribution in [2.75, 3.05) is 20.1 Å². The Hall–Kier alpha value is -1.84. The van der Waals surface area contributed by atoms with E-state index in [1.807, 2.05) is 43.4 Å². The standard InChI is InChI=1S/C19H24N2O.ClH/c1-20-12-13-21-19(22)15-18(17-10-6-3-7-11-17)14-16-8-4-2-5-9-16;/h2-11,18,20H,12-15H2,1H3,(H,21,22);1H. The van der Waals surface area contributed by atoms with Crippen LogP contribution in [0.5, 0.6) is 0 Å². The zero-order chi connectivity index (χ0) is 15.6. The van der Waals surface area contributed by atoms with E-state index in [0.717, 1.165) is 13.0 Å². The third-order valence-corrected chi connectivity index (χ3v) is 3.72. The number of carbonyl (C=O) groups excluding carboxylic acids is 1. The molecule has 0 aromatic heterocycles. The molecule has 0 aliphatic rings. The summed E-state index contributed by atoms with van der Waals surface area (Å²) in [5.74, 6) is 0.318. The molecule has 23 heavy (non-hydrogen) atoms. The van der Waals surface area contributed by atoms with Gasteiger partial charge in [0, 0.05) is 19.5 Å². The molecule has 2 N–H and O–H groups in total. The Bertz CT molecular complexity index is 560. The largest absolute Gasteiger partial charge is 0.355 e. The van der Waals surface area contributed by atoms with Crippen molar-refractivity contribution in [1.82, 2.24) is 10.6 Å². The lowest BCUT2D eigenvalue weighted by Crippen LogP contribution is -2.31. The first-order valence-electron chi connectivity index (χ1n) is 7.79. The van der Waals surface area contributed by atoms with Crippen molar-refractivity contribution in [1.29, 1.82) is 0 Å². The quantitative estimate of drug-likeness (QED) is 0.729. The van der Waals surface area contributed by atoms with Crippen LogP contribution in [-0.4, -0.2) is 26.0 Å². The van der Waals surface area contributed by atoms with Crippen LogP contribution in [0.3, 0.4) is 0 Å². The zero-order valence-electron chi connectivity index (χ0n) is 13.5. The van der Waals surface area contributed by atoms with Gasteiger partial charge in [0.15, 0.2) is 0 Å². The summed E-state index contributed by atoms with van der Waals surface area (Å²) in [5.41, 5.74) is 2.48. The molecular weight excluding hydrogens is 308 g/mol. The summed E-state index contributed by atoms with van der Waals surface area (Å²) in [6.07, 6.45) is 1.40. The number of carbonyl (C=O) groups is 1. The van der Waals surface area contributed by atoms with Crippen LogP contribution in [0.1, 0.15) is 23.5 Å². The lowest BCUT2D eigenvalue weighted by molar-refractivity contribution is -0.121. The molecular formula is C19H25ClN2O. The average molecular weight is 333 g/mol. The van der Waals surface area contributed by atoms with E-state index in [1.54, 1.807) is 0 Å². The van der Waals surface area contributed by atoms with Crippen molar-refractivity contribution < 1.29 is 4.79 Å². The van der Waals surface area contributed by atoms with E-state index in [1.165, 1.54) is 11.1 Å². The van der Waals surface area contributed by atoms with E-state index in [4.69, 9.17) is 0 Å². The number of amides is 1. The normalized spacial score (nSPS) is 11.3. The minimum Gasteiger partial charge on any atom is -0.355 e. The second kappa shape index (κ2) is 10.8. The topological polar surface area (TPSA) is 41.1 Å². The first kappa shape index (κ1) is 19.2. The first-order chi connectivity index (χ1) is 10.8. The van der Waals surface area contributed by atoms with Crippen LogP contribution in [0.2, 0.25) is 0 Å². The molecule has 0 radical (unpaired) electrons. The van der Waals surface area contributed by atoms with E-state index >= 15 is 0 Å². The van der Waals surface area contributed by atoms with Gasteiger partial charge in [-0.05, 0) is 30.5 Å². The summed E-state index contributed by atoms with van der Waals surface area (Å²) in [5, 5.41) is 6.00. The van der Waals surface area contributed by atoms with Crippen LogP contribution in [0, 0.1) is 0 Å². The summed E-state index contributed by atoms with van der Waals surface area (Å²) in [4.78, 5) is 12.2. The second-order valence-corrected chi connectivity index (χ2v) is 5.45. The molecule has 1 amide bonds. The Morgan fingerprint density at radius 3 is 2.17 bits per heavy atom. The number of hydrogen-bond donors (Lipinski definition) is 2. The molecule has 4 heteroatoms. The van der Waals surface area contributed by atoms with Crippen LogP contribution >= 0.6 is 12.4 Å². The van der Waals surface area contributed by atoms with Crippen LogP contribution in [0.15, 0.2) is 60.7 Å². The predicted octanol–water partition coefficient (Wildman–Crippen LogP) is 3.16. The van der Waals surface area contributed by atoms with Crippen LogP contribution < -0.4 is 10.6 Å². The number of nitrogens with one attached hydrogen (secondary N) is 2. The van der Waals surface area contributed by atoms with Gasteiger partial charge in [-0.1, -0.05) is 60.7 Å². The Balaban J connectivity index is 0.00000264. The van der Waals surface area contributed by atoms with Gasteiger partial charge in [0.2, 0.25) is 5.91 Å². The molecule has 0 bridgehead atoms. The Kier molecular flexibility index (Phi) is 9.03. The van der Waals surface area contributed by atoms with Crippen molar-refractivity contribution in [2.24, 2.45) is 0 Å². The molecule has 1 unspecified atom stereocenters. The summed E-state index contributed by atoms with van der Waals surface area (Å²) < 4.78 is 0. The molecule has 0 aliphatic heterocycles. The molecule has 0 saturated carbocycles. The molecule has 0 saturated heterocycles. The number of benzene rings is 2. The molecule has 3 nitrogen and oxygen atoms in total. The van der Waals surface area contributed by atoms with Crippen molar-refractivity contribution in [3.63, 3.8) is 0 Å². The monoisotopic (exact) mass is 332 g/mol. The fraction of sp³-hybridized carbons (Fsp3) is 0.316. The molecule has 2 rings (SSSR count). The van der Waals surface area contributed by atoms with E-state index in [9.17, 15) is 4.79 Å². The third-order valence-electron chi connectivity index (χ3n) is 3.72. The predicted molar refractivity (Wildman–Crippen MR) is 98.1 cm³/mol. The fourth-order valence-corrected chi connectivity index (χ4v) is 2.55. The van der Waals surface area contributed by atoms with Crippen molar-refractivity contribution in [3.8, 4) is 0 Å². The molecule has 124 valence electrons. The molecule has 0 fully saturated rings. The summed E-state index contributed by atoms with van der Waals surface area (Å²) >= 11 is 0. The minimum absolute atomic E-state index is 0.